The Morgan fingerprint density at radius 3 is 3.00 bits per heavy atom. The van der Waals surface area contributed by atoms with E-state index in [1.54, 1.807) is 0 Å². The van der Waals surface area contributed by atoms with Gasteiger partial charge in [0.2, 0.25) is 0 Å². The van der Waals surface area contributed by atoms with Gasteiger partial charge in [0.15, 0.2) is 0 Å². The highest BCUT2D eigenvalue weighted by Crippen LogP contribution is 2.09. The molecule has 0 bridgehead atoms. The van der Waals surface area contributed by atoms with Crippen LogP contribution >= 0.6 is 0 Å². The zero-order valence-electron chi connectivity index (χ0n) is 14.3. The predicted octanol–water partition coefficient (Wildman–Crippen LogP) is 1.39. The first-order valence-electron chi connectivity index (χ1n) is 8.33. The smallest absolute Gasteiger partial charge is 0.320 e. The van der Waals surface area contributed by atoms with Crippen molar-refractivity contribution < 1.29 is 14.3 Å². The molecule has 1 aromatic rings. The Kier molecular flexibility index (Phi) is 7.76. The van der Waals surface area contributed by atoms with Gasteiger partial charge < -0.3 is 9.47 Å². The zero-order chi connectivity index (χ0) is 17.2. The summed E-state index contributed by atoms with van der Waals surface area (Å²) in [4.78, 5) is 16.1. The topological polar surface area (TPSA) is 42.0 Å². The van der Waals surface area contributed by atoms with Crippen LogP contribution in [-0.4, -0.2) is 68.3 Å². The monoisotopic (exact) mass is 330 g/mol. The number of rotatable bonds is 8. The fourth-order valence-electron chi connectivity index (χ4n) is 2.68. The van der Waals surface area contributed by atoms with Crippen molar-refractivity contribution in [2.45, 2.75) is 19.1 Å². The molecule has 0 N–H and O–H groups in total. The van der Waals surface area contributed by atoms with Crippen LogP contribution in [0.5, 0.6) is 0 Å². The molecule has 1 fully saturated rings. The van der Waals surface area contributed by atoms with Gasteiger partial charge in [0.25, 0.3) is 0 Å². The number of ether oxygens (including phenoxy) is 2. The molecule has 0 spiro atoms. The molecule has 5 heteroatoms. The van der Waals surface area contributed by atoms with Gasteiger partial charge in [-0.05, 0) is 19.0 Å². The molecule has 1 saturated heterocycles. The number of likely N-dealkylation sites (N-methyl/N-ethyl adjacent to an activating group) is 1. The van der Waals surface area contributed by atoms with Crippen molar-refractivity contribution in [2.75, 3.05) is 46.4 Å². The molecule has 1 atom stereocenters. The Labute approximate surface area is 144 Å². The lowest BCUT2D eigenvalue weighted by Gasteiger charge is -2.32. The molecule has 0 radical (unpaired) electrons. The van der Waals surface area contributed by atoms with Crippen LogP contribution in [0, 0.1) is 12.3 Å². The van der Waals surface area contributed by atoms with E-state index in [9.17, 15) is 4.79 Å². The summed E-state index contributed by atoms with van der Waals surface area (Å²) in [6.45, 7) is 4.53. The van der Waals surface area contributed by atoms with E-state index in [1.165, 1.54) is 0 Å². The minimum atomic E-state index is -0.208. The van der Waals surface area contributed by atoms with Crippen molar-refractivity contribution in [1.29, 1.82) is 0 Å². The predicted molar refractivity (Wildman–Crippen MR) is 93.4 cm³/mol. The van der Waals surface area contributed by atoms with Gasteiger partial charge in [0, 0.05) is 19.6 Å². The largest absolute Gasteiger partial charge is 0.460 e. The van der Waals surface area contributed by atoms with Gasteiger partial charge in [-0.15, -0.1) is 6.42 Å². The molecule has 1 aliphatic heterocycles. The third-order valence-corrected chi connectivity index (χ3v) is 4.01. The Morgan fingerprint density at radius 1 is 1.46 bits per heavy atom. The summed E-state index contributed by atoms with van der Waals surface area (Å²) in [6, 6.07) is 9.70. The molecule has 0 saturated carbocycles. The summed E-state index contributed by atoms with van der Waals surface area (Å²) < 4.78 is 11.1. The number of morpholine rings is 1. The lowest BCUT2D eigenvalue weighted by molar-refractivity contribution is -0.146. The van der Waals surface area contributed by atoms with E-state index in [-0.39, 0.29) is 18.6 Å². The van der Waals surface area contributed by atoms with Gasteiger partial charge in [0.1, 0.15) is 6.61 Å². The summed E-state index contributed by atoms with van der Waals surface area (Å²) in [6.07, 6.45) is 6.41. The number of carbonyl (C=O) groups excluding carboxylic acids is 1. The highest BCUT2D eigenvalue weighted by Gasteiger charge is 2.20. The number of terminal acetylenes is 1. The van der Waals surface area contributed by atoms with E-state index in [4.69, 9.17) is 15.9 Å². The highest BCUT2D eigenvalue weighted by atomic mass is 16.5. The summed E-state index contributed by atoms with van der Waals surface area (Å²) >= 11 is 0. The van der Waals surface area contributed by atoms with Crippen LogP contribution in [0.25, 0.3) is 0 Å². The lowest BCUT2D eigenvalue weighted by Crippen LogP contribution is -2.43. The Morgan fingerprint density at radius 2 is 2.25 bits per heavy atom. The first-order chi connectivity index (χ1) is 11.7. The van der Waals surface area contributed by atoms with Gasteiger partial charge >= 0.3 is 5.97 Å². The normalized spacial score (nSPS) is 18.3. The number of hydrogen-bond acceptors (Lipinski definition) is 5. The number of nitrogens with zero attached hydrogens (tertiary/aromatic N) is 2. The van der Waals surface area contributed by atoms with Gasteiger partial charge in [-0.2, -0.15) is 0 Å². The van der Waals surface area contributed by atoms with E-state index < -0.39 is 0 Å². The fourth-order valence-corrected chi connectivity index (χ4v) is 2.68. The Balaban J connectivity index is 1.63. The van der Waals surface area contributed by atoms with Crippen LogP contribution in [0.4, 0.5) is 0 Å². The fraction of sp³-hybridized carbons (Fsp3) is 0.526. The van der Waals surface area contributed by atoms with Crippen LogP contribution in [-0.2, 0) is 20.9 Å². The Bertz CT molecular complexity index is 541. The second-order valence-electron chi connectivity index (χ2n) is 6.10. The maximum absolute atomic E-state index is 11.9. The van der Waals surface area contributed by atoms with Crippen LogP contribution < -0.4 is 0 Å². The average molecular weight is 330 g/mol. The molecule has 1 heterocycles. The standard InChI is InChI=1S/C19H26N2O3/c1-3-10-21-12-13-23-18(14-21)9-11-20(2)15-19(22)24-16-17-7-5-4-6-8-17/h1,4-8,18H,9-16H2,2H3/t18-/m1/s1. The highest BCUT2D eigenvalue weighted by molar-refractivity contribution is 5.71. The second-order valence-corrected chi connectivity index (χ2v) is 6.10. The quantitative estimate of drug-likeness (QED) is 0.532. The van der Waals surface area contributed by atoms with E-state index in [0.29, 0.717) is 13.2 Å². The number of esters is 1. The van der Waals surface area contributed by atoms with Gasteiger partial charge in [-0.3, -0.25) is 14.6 Å². The third kappa shape index (κ3) is 6.71. The van der Waals surface area contributed by atoms with Gasteiger partial charge in [0.05, 0.1) is 25.8 Å². The number of carbonyl (C=O) groups is 1. The van der Waals surface area contributed by atoms with Crippen molar-refractivity contribution in [3.05, 3.63) is 35.9 Å². The summed E-state index contributed by atoms with van der Waals surface area (Å²) in [5.41, 5.74) is 0.998. The minimum absolute atomic E-state index is 0.176. The SMILES string of the molecule is C#CCN1CCO[C@H](CCN(C)CC(=O)OCc2ccccc2)C1. The van der Waals surface area contributed by atoms with Gasteiger partial charge in [-0.1, -0.05) is 36.3 Å². The van der Waals surface area contributed by atoms with Crippen molar-refractivity contribution in [3.63, 3.8) is 0 Å². The summed E-state index contributed by atoms with van der Waals surface area (Å²) in [5, 5.41) is 0. The van der Waals surface area contributed by atoms with Crippen LogP contribution in [0.15, 0.2) is 30.3 Å². The molecule has 1 aromatic carbocycles. The van der Waals surface area contributed by atoms with E-state index in [2.05, 4.69) is 10.8 Å². The van der Waals surface area contributed by atoms with E-state index in [0.717, 1.165) is 38.2 Å². The maximum Gasteiger partial charge on any atom is 0.320 e. The first kappa shape index (κ1) is 18.5. The van der Waals surface area contributed by atoms with Crippen molar-refractivity contribution in [2.24, 2.45) is 0 Å². The minimum Gasteiger partial charge on any atom is -0.460 e. The van der Waals surface area contributed by atoms with Crippen LogP contribution in [0.3, 0.4) is 0 Å². The van der Waals surface area contributed by atoms with E-state index >= 15 is 0 Å². The lowest BCUT2D eigenvalue weighted by atomic mass is 10.2. The zero-order valence-corrected chi connectivity index (χ0v) is 14.3. The second kappa shape index (κ2) is 10.1. The summed E-state index contributed by atoms with van der Waals surface area (Å²) in [7, 11) is 1.92. The van der Waals surface area contributed by atoms with Crippen molar-refractivity contribution in [1.82, 2.24) is 9.80 Å². The molecule has 130 valence electrons. The van der Waals surface area contributed by atoms with Crippen LogP contribution in [0.1, 0.15) is 12.0 Å². The molecule has 24 heavy (non-hydrogen) atoms. The molecule has 0 aliphatic carbocycles. The van der Waals surface area contributed by atoms with Gasteiger partial charge in [-0.25, -0.2) is 0 Å². The number of hydrogen-bond donors (Lipinski definition) is 0. The molecular weight excluding hydrogens is 304 g/mol. The molecular formula is C19H26N2O3. The Hall–Kier alpha value is -1.87. The molecule has 2 rings (SSSR count). The van der Waals surface area contributed by atoms with E-state index in [1.807, 2.05) is 42.3 Å². The first-order valence-corrected chi connectivity index (χ1v) is 8.33. The molecule has 0 unspecified atom stereocenters. The van der Waals surface area contributed by atoms with Crippen molar-refractivity contribution in [3.8, 4) is 12.3 Å². The molecule has 0 aromatic heterocycles. The van der Waals surface area contributed by atoms with Crippen LogP contribution in [0.2, 0.25) is 0 Å². The molecule has 1 aliphatic rings. The average Bonchev–Trinajstić information content (AvgIpc) is 2.60. The molecule has 5 nitrogen and oxygen atoms in total. The summed E-state index contributed by atoms with van der Waals surface area (Å²) in [5.74, 6) is 2.47. The maximum atomic E-state index is 11.9. The number of benzene rings is 1. The van der Waals surface area contributed by atoms with Crippen molar-refractivity contribution >= 4 is 5.97 Å². The molecule has 0 amide bonds. The third-order valence-electron chi connectivity index (χ3n) is 4.01.